The number of nitrogens with one attached hydrogen (secondary N) is 4. The van der Waals surface area contributed by atoms with Gasteiger partial charge in [-0.3, -0.25) is 24.0 Å². The van der Waals surface area contributed by atoms with Crippen LogP contribution in [0, 0.1) is 5.82 Å². The number of aryl methyl sites for hydroxylation is 1. The van der Waals surface area contributed by atoms with Crippen LogP contribution in [0.5, 0.6) is 0 Å². The second-order valence-corrected chi connectivity index (χ2v) is 10.1. The molecule has 0 aliphatic heterocycles. The van der Waals surface area contributed by atoms with Crippen LogP contribution in [0.3, 0.4) is 0 Å². The fourth-order valence-electron chi connectivity index (χ4n) is 4.28. The molecule has 0 fully saturated rings. The zero-order valence-corrected chi connectivity index (χ0v) is 24.0. The Morgan fingerprint density at radius 1 is 0.682 bits per heavy atom. The van der Waals surface area contributed by atoms with E-state index in [9.17, 15) is 33.5 Å². The molecule has 0 saturated heterocycles. The smallest absolute Gasteiger partial charge is 0.246 e. The number of carbonyl (C=O) groups excluding carboxylic acids is 5. The molecule has 3 aromatic rings. The Bertz CT molecular complexity index is 1410. The number of hydrogen-bond acceptors (Lipinski definition) is 6. The minimum absolute atomic E-state index is 0.0145. The predicted molar refractivity (Wildman–Crippen MR) is 161 cm³/mol. The molecule has 7 N–H and O–H groups in total. The van der Waals surface area contributed by atoms with E-state index in [-0.39, 0.29) is 31.4 Å². The Morgan fingerprint density at radius 3 is 1.84 bits per heavy atom. The fraction of sp³-hybridized carbons (Fsp3) is 0.281. The molecule has 232 valence electrons. The monoisotopic (exact) mass is 605 g/mol. The van der Waals surface area contributed by atoms with Gasteiger partial charge in [0.1, 0.15) is 23.9 Å². The van der Waals surface area contributed by atoms with E-state index in [1.54, 1.807) is 30.3 Å². The highest BCUT2D eigenvalue weighted by Gasteiger charge is 2.30. The van der Waals surface area contributed by atoms with Crippen LogP contribution >= 0.6 is 0 Å². The van der Waals surface area contributed by atoms with Crippen molar-refractivity contribution >= 4 is 35.2 Å². The van der Waals surface area contributed by atoms with Gasteiger partial charge in [0.25, 0.3) is 0 Å². The molecule has 0 spiro atoms. The van der Waals surface area contributed by atoms with E-state index < -0.39 is 60.1 Å². The van der Waals surface area contributed by atoms with Crippen LogP contribution in [-0.4, -0.2) is 59.4 Å². The van der Waals surface area contributed by atoms with E-state index in [1.807, 2.05) is 30.3 Å². The van der Waals surface area contributed by atoms with Gasteiger partial charge in [-0.25, -0.2) is 4.39 Å². The summed E-state index contributed by atoms with van der Waals surface area (Å²) in [4.78, 5) is 63.7. The van der Waals surface area contributed by atoms with Crippen molar-refractivity contribution in [3.05, 3.63) is 102 Å². The van der Waals surface area contributed by atoms with Crippen LogP contribution in [-0.2, 0) is 36.8 Å². The van der Waals surface area contributed by atoms with E-state index in [2.05, 4.69) is 21.3 Å². The number of nitrogens with two attached hydrogens (primary N) is 1. The summed E-state index contributed by atoms with van der Waals surface area (Å²) in [5, 5.41) is 20.1. The van der Waals surface area contributed by atoms with Crippen LogP contribution in [0.25, 0.3) is 0 Å². The summed E-state index contributed by atoms with van der Waals surface area (Å²) in [6, 6.07) is 19.2. The summed E-state index contributed by atoms with van der Waals surface area (Å²) >= 11 is 0. The highest BCUT2D eigenvalue weighted by atomic mass is 19.1. The average Bonchev–Trinajstić information content (AvgIpc) is 3.02. The number of hydrogen-bond donors (Lipinski definition) is 6. The molecule has 0 bridgehead atoms. The molecule has 44 heavy (non-hydrogen) atoms. The molecule has 0 heterocycles. The van der Waals surface area contributed by atoms with Crippen molar-refractivity contribution in [2.45, 2.75) is 50.2 Å². The number of aliphatic hydroxyl groups excluding tert-OH is 1. The Hall–Kier alpha value is -5.10. The highest BCUT2D eigenvalue weighted by molar-refractivity contribution is 5.99. The van der Waals surface area contributed by atoms with Crippen molar-refractivity contribution in [1.29, 1.82) is 0 Å². The Morgan fingerprint density at radius 2 is 1.25 bits per heavy atom. The summed E-state index contributed by atoms with van der Waals surface area (Å²) in [7, 11) is 0. The average molecular weight is 606 g/mol. The number of aliphatic hydroxyl groups is 1. The molecule has 3 rings (SSSR count). The molecule has 0 aliphatic carbocycles. The molecular weight excluding hydrogens is 569 g/mol. The molecule has 0 saturated carbocycles. The lowest BCUT2D eigenvalue weighted by Crippen LogP contribution is -2.57. The van der Waals surface area contributed by atoms with Crippen molar-refractivity contribution in [3.8, 4) is 0 Å². The maximum Gasteiger partial charge on any atom is 0.246 e. The van der Waals surface area contributed by atoms with Gasteiger partial charge in [-0.1, -0.05) is 60.7 Å². The Balaban J connectivity index is 1.72. The van der Waals surface area contributed by atoms with Gasteiger partial charge in [-0.15, -0.1) is 0 Å². The maximum absolute atomic E-state index is 13.5. The van der Waals surface area contributed by atoms with Gasteiger partial charge in [0.2, 0.25) is 29.5 Å². The number of halogens is 1. The minimum atomic E-state index is -1.34. The van der Waals surface area contributed by atoms with Crippen molar-refractivity contribution < 1.29 is 33.5 Å². The minimum Gasteiger partial charge on any atom is -0.394 e. The second-order valence-electron chi connectivity index (χ2n) is 10.1. The normalized spacial score (nSPS) is 12.7. The predicted octanol–water partition coefficient (Wildman–Crippen LogP) is 1.35. The molecule has 5 amide bonds. The standard InChI is InChI=1S/C32H36FN5O6/c33-23-12-14-24(15-13-23)35-30(42)25(16-17-28(34)40)37-31(43)26(19-22-9-5-2-6-10-22)38-32(44)27(20-39)36-29(41)18-11-21-7-3-1-4-8-21/h1-10,12-15,25-27,39H,11,16-20H2,(H2,34,40)(H,35,42)(H,36,41)(H,37,43)(H,38,44)/t25-,26-,27-/m0/s1. The van der Waals surface area contributed by atoms with Gasteiger partial charge in [0, 0.05) is 24.9 Å². The zero-order valence-electron chi connectivity index (χ0n) is 24.0. The largest absolute Gasteiger partial charge is 0.394 e. The molecule has 12 heteroatoms. The molecular formula is C32H36FN5O6. The molecule has 11 nitrogen and oxygen atoms in total. The van der Waals surface area contributed by atoms with Gasteiger partial charge in [-0.2, -0.15) is 0 Å². The van der Waals surface area contributed by atoms with Crippen molar-refractivity contribution in [3.63, 3.8) is 0 Å². The first-order valence-corrected chi connectivity index (χ1v) is 14.1. The first kappa shape index (κ1) is 33.4. The summed E-state index contributed by atoms with van der Waals surface area (Å²) in [6.07, 6.45) is 0.154. The van der Waals surface area contributed by atoms with E-state index in [0.717, 1.165) is 17.7 Å². The lowest BCUT2D eigenvalue weighted by Gasteiger charge is -2.25. The van der Waals surface area contributed by atoms with Gasteiger partial charge < -0.3 is 32.1 Å². The second kappa shape index (κ2) is 17.1. The summed E-state index contributed by atoms with van der Waals surface area (Å²) < 4.78 is 13.3. The number of primary amides is 1. The van der Waals surface area contributed by atoms with Gasteiger partial charge in [-0.05, 0) is 48.2 Å². The fourth-order valence-corrected chi connectivity index (χ4v) is 4.28. The molecule has 0 radical (unpaired) electrons. The van der Waals surface area contributed by atoms with Crippen molar-refractivity contribution in [2.75, 3.05) is 11.9 Å². The summed E-state index contributed by atoms with van der Waals surface area (Å²) in [6.45, 7) is -0.718. The van der Waals surface area contributed by atoms with Crippen LogP contribution in [0.15, 0.2) is 84.9 Å². The Labute approximate surface area is 254 Å². The van der Waals surface area contributed by atoms with Gasteiger partial charge >= 0.3 is 0 Å². The highest BCUT2D eigenvalue weighted by Crippen LogP contribution is 2.11. The van der Waals surface area contributed by atoms with Gasteiger partial charge in [0.05, 0.1) is 6.61 Å². The van der Waals surface area contributed by atoms with Crippen LogP contribution < -0.4 is 27.0 Å². The maximum atomic E-state index is 13.5. The first-order valence-electron chi connectivity index (χ1n) is 14.1. The number of anilines is 1. The molecule has 0 unspecified atom stereocenters. The molecule has 0 aliphatic rings. The number of carbonyl (C=O) groups is 5. The van der Waals surface area contributed by atoms with Crippen LogP contribution in [0.4, 0.5) is 10.1 Å². The topological polar surface area (TPSA) is 180 Å². The third-order valence-corrected chi connectivity index (χ3v) is 6.66. The van der Waals surface area contributed by atoms with E-state index >= 15 is 0 Å². The molecule has 3 atom stereocenters. The Kier molecular flexibility index (Phi) is 13.0. The van der Waals surface area contributed by atoms with E-state index in [4.69, 9.17) is 5.73 Å². The van der Waals surface area contributed by atoms with E-state index in [1.165, 1.54) is 12.1 Å². The molecule has 0 aromatic heterocycles. The SMILES string of the molecule is NC(=O)CC[C@H](NC(=O)[C@H](Cc1ccccc1)NC(=O)[C@H](CO)NC(=O)CCc1ccccc1)C(=O)Nc1ccc(F)cc1. The third kappa shape index (κ3) is 11.3. The van der Waals surface area contributed by atoms with E-state index in [0.29, 0.717) is 12.0 Å². The summed E-state index contributed by atoms with van der Waals surface area (Å²) in [5.41, 5.74) is 7.15. The van der Waals surface area contributed by atoms with Crippen molar-refractivity contribution in [1.82, 2.24) is 16.0 Å². The zero-order chi connectivity index (χ0) is 31.9. The quantitative estimate of drug-likeness (QED) is 0.143. The third-order valence-electron chi connectivity index (χ3n) is 6.66. The summed E-state index contributed by atoms with van der Waals surface area (Å²) in [5.74, 6) is -3.90. The van der Waals surface area contributed by atoms with Gasteiger partial charge in [0.15, 0.2) is 0 Å². The lowest BCUT2D eigenvalue weighted by atomic mass is 10.0. The lowest BCUT2D eigenvalue weighted by molar-refractivity contribution is -0.133. The van der Waals surface area contributed by atoms with Crippen LogP contribution in [0.1, 0.15) is 30.4 Å². The molecule has 3 aromatic carbocycles. The number of rotatable bonds is 16. The number of benzene rings is 3. The first-order chi connectivity index (χ1) is 21.1. The number of amides is 5. The van der Waals surface area contributed by atoms with Crippen LogP contribution in [0.2, 0.25) is 0 Å². The van der Waals surface area contributed by atoms with Crippen molar-refractivity contribution in [2.24, 2.45) is 5.73 Å².